The Balaban J connectivity index is 1.63. The molecule has 0 aromatic heterocycles. The molecule has 3 aromatic rings. The van der Waals surface area contributed by atoms with Crippen molar-refractivity contribution in [3.05, 3.63) is 83.4 Å². The maximum Gasteiger partial charge on any atom is 0.440 e. The molecule has 1 saturated heterocycles. The van der Waals surface area contributed by atoms with Crippen molar-refractivity contribution in [3.63, 3.8) is 0 Å². The molecule has 0 saturated carbocycles. The Morgan fingerprint density at radius 2 is 1.61 bits per heavy atom. The van der Waals surface area contributed by atoms with Gasteiger partial charge in [0.25, 0.3) is 0 Å². The monoisotopic (exact) mass is 394 g/mol. The number of hydroxylamine groups is 1. The molecule has 28 heavy (non-hydrogen) atoms. The fraction of sp³-hybridized carbons (Fsp3) is 0.0952. The highest BCUT2D eigenvalue weighted by atomic mass is 35.5. The van der Waals surface area contributed by atoms with Crippen LogP contribution in [0.25, 0.3) is 0 Å². The molecule has 1 amide bonds. The summed E-state index contributed by atoms with van der Waals surface area (Å²) in [6.07, 6.45) is -1.00. The van der Waals surface area contributed by atoms with E-state index in [9.17, 15) is 4.79 Å². The van der Waals surface area contributed by atoms with E-state index in [2.05, 4.69) is 0 Å². The van der Waals surface area contributed by atoms with Gasteiger partial charge in [0.1, 0.15) is 0 Å². The highest BCUT2D eigenvalue weighted by Crippen LogP contribution is 2.42. The number of halogens is 1. The van der Waals surface area contributed by atoms with E-state index in [-0.39, 0.29) is 6.79 Å². The van der Waals surface area contributed by atoms with Gasteiger partial charge in [0.15, 0.2) is 17.7 Å². The summed E-state index contributed by atoms with van der Waals surface area (Å²) in [5.41, 5.74) is 2.26. The number of carbonyl (C=O) groups is 1. The molecular weight excluding hydrogens is 380 g/mol. The third-order valence-electron chi connectivity index (χ3n) is 4.65. The van der Waals surface area contributed by atoms with Crippen LogP contribution < -0.4 is 19.4 Å². The summed E-state index contributed by atoms with van der Waals surface area (Å²) in [7, 11) is 0. The van der Waals surface area contributed by atoms with Crippen molar-refractivity contribution in [2.75, 3.05) is 16.8 Å². The first kappa shape index (κ1) is 16.8. The predicted molar refractivity (Wildman–Crippen MR) is 105 cm³/mol. The molecule has 6 nitrogen and oxygen atoms in total. The molecule has 3 aromatic carbocycles. The molecule has 1 unspecified atom stereocenters. The average Bonchev–Trinajstić information content (AvgIpc) is 3.33. The molecule has 140 valence electrons. The number of fused-ring (bicyclic) bond motifs is 1. The van der Waals surface area contributed by atoms with Crippen molar-refractivity contribution in [1.82, 2.24) is 0 Å². The number of para-hydroxylation sites is 1. The van der Waals surface area contributed by atoms with Gasteiger partial charge in [0.05, 0.1) is 5.69 Å². The molecule has 7 heteroatoms. The Kier molecular flexibility index (Phi) is 3.98. The Bertz CT molecular complexity index is 1030. The fourth-order valence-electron chi connectivity index (χ4n) is 3.36. The minimum Gasteiger partial charge on any atom is -0.454 e. The van der Waals surface area contributed by atoms with E-state index >= 15 is 0 Å². The van der Waals surface area contributed by atoms with Gasteiger partial charge in [-0.1, -0.05) is 35.9 Å². The largest absolute Gasteiger partial charge is 0.454 e. The number of carbonyl (C=O) groups excluding carboxylic acids is 1. The molecule has 2 aliphatic heterocycles. The topological polar surface area (TPSA) is 51.2 Å². The number of anilines is 2. The van der Waals surface area contributed by atoms with Crippen LogP contribution in [0.3, 0.4) is 0 Å². The van der Waals surface area contributed by atoms with Gasteiger partial charge in [-0.15, -0.1) is 0 Å². The lowest BCUT2D eigenvalue weighted by Crippen LogP contribution is -2.31. The number of hydrogen-bond acceptors (Lipinski definition) is 5. The van der Waals surface area contributed by atoms with Crippen LogP contribution in [0, 0.1) is 0 Å². The zero-order chi connectivity index (χ0) is 19.1. The summed E-state index contributed by atoms with van der Waals surface area (Å²) in [5.74, 6) is 1.32. The van der Waals surface area contributed by atoms with Crippen molar-refractivity contribution in [1.29, 1.82) is 0 Å². The summed E-state index contributed by atoms with van der Waals surface area (Å²) >= 11 is 6.02. The first-order valence-corrected chi connectivity index (χ1v) is 9.09. The van der Waals surface area contributed by atoms with Crippen molar-refractivity contribution >= 4 is 29.1 Å². The lowest BCUT2D eigenvalue weighted by molar-refractivity contribution is 0.164. The standard InChI is InChI=1S/C21H15ClN2O4/c22-15-7-9-16(10-8-15)23-20(14-6-11-18-19(12-14)27-13-26-18)24(28-21(23)25)17-4-2-1-3-5-17/h1-12,20H,13H2. The van der Waals surface area contributed by atoms with Crippen LogP contribution in [0.5, 0.6) is 11.5 Å². The van der Waals surface area contributed by atoms with Gasteiger partial charge in [0.2, 0.25) is 6.79 Å². The Morgan fingerprint density at radius 3 is 2.39 bits per heavy atom. The second-order valence-electron chi connectivity index (χ2n) is 6.35. The summed E-state index contributed by atoms with van der Waals surface area (Å²) in [6.45, 7) is 0.183. The minimum atomic E-state index is -0.523. The van der Waals surface area contributed by atoms with Crippen LogP contribution >= 0.6 is 11.6 Å². The third-order valence-corrected chi connectivity index (χ3v) is 4.90. The van der Waals surface area contributed by atoms with Gasteiger partial charge in [-0.2, -0.15) is 5.06 Å². The molecule has 1 fully saturated rings. The average molecular weight is 395 g/mol. The Morgan fingerprint density at radius 1 is 0.857 bits per heavy atom. The first-order chi connectivity index (χ1) is 13.7. The number of hydrogen-bond donors (Lipinski definition) is 0. The van der Waals surface area contributed by atoms with E-state index in [0.29, 0.717) is 22.2 Å². The van der Waals surface area contributed by atoms with Gasteiger partial charge in [0, 0.05) is 16.3 Å². The molecule has 0 N–H and O–H groups in total. The van der Waals surface area contributed by atoms with Crippen molar-refractivity contribution in [2.45, 2.75) is 6.17 Å². The van der Waals surface area contributed by atoms with Gasteiger partial charge in [-0.05, 0) is 48.5 Å². The second kappa shape index (κ2) is 6.65. The van der Waals surface area contributed by atoms with Crippen molar-refractivity contribution < 1.29 is 19.1 Å². The Labute approximate surface area is 166 Å². The van der Waals surface area contributed by atoms with Crippen LogP contribution in [-0.4, -0.2) is 12.9 Å². The van der Waals surface area contributed by atoms with Crippen molar-refractivity contribution in [2.24, 2.45) is 0 Å². The first-order valence-electron chi connectivity index (χ1n) is 8.71. The van der Waals surface area contributed by atoms with Gasteiger partial charge in [-0.25, -0.2) is 9.69 Å². The smallest absolute Gasteiger partial charge is 0.440 e. The highest BCUT2D eigenvalue weighted by molar-refractivity contribution is 6.30. The van der Waals surface area contributed by atoms with E-state index in [4.69, 9.17) is 25.9 Å². The van der Waals surface area contributed by atoms with Crippen LogP contribution in [-0.2, 0) is 4.84 Å². The zero-order valence-corrected chi connectivity index (χ0v) is 15.4. The molecule has 0 aliphatic carbocycles. The number of ether oxygens (including phenoxy) is 2. The van der Waals surface area contributed by atoms with Crippen LogP contribution in [0.1, 0.15) is 11.7 Å². The van der Waals surface area contributed by atoms with E-state index < -0.39 is 12.3 Å². The summed E-state index contributed by atoms with van der Waals surface area (Å²) < 4.78 is 10.9. The van der Waals surface area contributed by atoms with E-state index in [1.807, 2.05) is 48.5 Å². The SMILES string of the molecule is O=C1ON(c2ccccc2)C(c2ccc3c(c2)OCO3)N1c1ccc(Cl)cc1. The Hall–Kier alpha value is -3.38. The van der Waals surface area contributed by atoms with Gasteiger partial charge in [-0.3, -0.25) is 0 Å². The van der Waals surface area contributed by atoms with Gasteiger partial charge >= 0.3 is 6.09 Å². The molecule has 2 heterocycles. The fourth-order valence-corrected chi connectivity index (χ4v) is 3.48. The molecule has 2 aliphatic rings. The molecule has 0 spiro atoms. The second-order valence-corrected chi connectivity index (χ2v) is 6.79. The minimum absolute atomic E-state index is 0.183. The zero-order valence-electron chi connectivity index (χ0n) is 14.6. The summed E-state index contributed by atoms with van der Waals surface area (Å²) in [6, 6.07) is 22.1. The molecular formula is C21H15ClN2O4. The molecule has 1 atom stereocenters. The van der Waals surface area contributed by atoms with E-state index in [0.717, 1.165) is 11.3 Å². The summed E-state index contributed by atoms with van der Waals surface area (Å²) in [5, 5.41) is 2.19. The van der Waals surface area contributed by atoms with Crippen LogP contribution in [0.15, 0.2) is 72.8 Å². The maximum atomic E-state index is 12.8. The number of benzene rings is 3. The van der Waals surface area contributed by atoms with Crippen LogP contribution in [0.2, 0.25) is 5.02 Å². The number of nitrogens with zero attached hydrogens (tertiary/aromatic N) is 2. The summed E-state index contributed by atoms with van der Waals surface area (Å²) in [4.78, 5) is 20.1. The highest BCUT2D eigenvalue weighted by Gasteiger charge is 2.43. The van der Waals surface area contributed by atoms with Crippen molar-refractivity contribution in [3.8, 4) is 11.5 Å². The van der Waals surface area contributed by atoms with E-state index in [1.54, 1.807) is 34.2 Å². The normalized spacial score (nSPS) is 17.8. The number of amides is 1. The lowest BCUT2D eigenvalue weighted by Gasteiger charge is -2.27. The molecule has 0 radical (unpaired) electrons. The van der Waals surface area contributed by atoms with Gasteiger partial charge < -0.3 is 14.3 Å². The number of rotatable bonds is 3. The maximum absolute atomic E-state index is 12.8. The van der Waals surface area contributed by atoms with E-state index in [1.165, 1.54) is 0 Å². The van der Waals surface area contributed by atoms with Crippen LogP contribution in [0.4, 0.5) is 16.2 Å². The molecule has 5 rings (SSSR count). The quantitative estimate of drug-likeness (QED) is 0.615. The predicted octanol–water partition coefficient (Wildman–Crippen LogP) is 5.15. The third kappa shape index (κ3) is 2.78. The molecule has 0 bridgehead atoms. The lowest BCUT2D eigenvalue weighted by atomic mass is 10.1.